The maximum atomic E-state index is 10.6. The highest BCUT2D eigenvalue weighted by atomic mass is 16.8. The Hall–Kier alpha value is -1.73. The van der Waals surface area contributed by atoms with Crippen molar-refractivity contribution in [1.29, 1.82) is 0 Å². The van der Waals surface area contributed by atoms with Gasteiger partial charge in [0.05, 0.1) is 11.0 Å². The van der Waals surface area contributed by atoms with Crippen LogP contribution in [0.25, 0.3) is 17.1 Å². The van der Waals surface area contributed by atoms with Gasteiger partial charge in [-0.25, -0.2) is 15.4 Å². The highest BCUT2D eigenvalue weighted by Gasteiger charge is 2.09. The Bertz CT molecular complexity index is 724. The van der Waals surface area contributed by atoms with E-state index in [1.54, 1.807) is 6.08 Å². The first kappa shape index (κ1) is 21.6. The van der Waals surface area contributed by atoms with Gasteiger partial charge in [0.2, 0.25) is 0 Å². The first-order valence-corrected chi connectivity index (χ1v) is 10.1. The lowest BCUT2D eigenvalue weighted by Gasteiger charge is -2.21. The largest absolute Gasteiger partial charge is 0.600 e. The fourth-order valence-corrected chi connectivity index (χ4v) is 3.38. The molecule has 0 radical (unpaired) electrons. The number of nitrogens with one attached hydrogen (secondary N) is 1. The predicted molar refractivity (Wildman–Crippen MR) is 111 cm³/mol. The van der Waals surface area contributed by atoms with Crippen molar-refractivity contribution < 1.29 is 10.4 Å². The van der Waals surface area contributed by atoms with E-state index in [0.29, 0.717) is 0 Å². The van der Waals surface area contributed by atoms with E-state index in [1.165, 1.54) is 32.2 Å². The summed E-state index contributed by atoms with van der Waals surface area (Å²) in [6.07, 6.45) is 8.71. The van der Waals surface area contributed by atoms with Crippen LogP contribution in [0, 0.1) is 12.1 Å². The van der Waals surface area contributed by atoms with Crippen LogP contribution in [-0.2, 0) is 6.54 Å². The number of likely N-dealkylation sites (N-methyl/N-ethyl adjacent to an activating group) is 1. The number of aromatic nitrogens is 2. The second-order valence-electron chi connectivity index (χ2n) is 7.05. The maximum Gasteiger partial charge on any atom is 0.125 e. The average molecular weight is 375 g/mol. The Balaban J connectivity index is 2.01. The molecule has 0 fully saturated rings. The molecule has 1 heterocycles. The van der Waals surface area contributed by atoms with Gasteiger partial charge in [0, 0.05) is 13.1 Å². The van der Waals surface area contributed by atoms with Crippen molar-refractivity contribution in [3.05, 3.63) is 40.9 Å². The molecule has 0 aliphatic rings. The maximum absolute atomic E-state index is 10.6. The number of unbranched alkanes of at least 4 members (excludes halogenated alkanes) is 3. The summed E-state index contributed by atoms with van der Waals surface area (Å²) in [5, 5.41) is 18.5. The number of hydrogen-bond donors (Lipinski definition) is 2. The third-order valence-corrected chi connectivity index (χ3v) is 4.98. The first-order chi connectivity index (χ1) is 13.0. The standard InChI is InChI=1S/C21H34N4O2/c1-4-6-7-8-13-23(5-2)15-16-24-18(3)22-20-17-19(11-12-21(20)24)10-9-14-25(26)27/h9-12,17,25-26H,4-8,13-16H2,1-3H3/b10-9+. The highest BCUT2D eigenvalue weighted by Crippen LogP contribution is 2.18. The quantitative estimate of drug-likeness (QED) is 0.443. The molecule has 0 aliphatic carbocycles. The molecule has 1 aromatic carbocycles. The molecule has 150 valence electrons. The monoisotopic (exact) mass is 374 g/mol. The summed E-state index contributed by atoms with van der Waals surface area (Å²) >= 11 is 0. The summed E-state index contributed by atoms with van der Waals surface area (Å²) in [5.41, 5.74) is 3.10. The Morgan fingerprint density at radius 1 is 1.22 bits per heavy atom. The van der Waals surface area contributed by atoms with Crippen molar-refractivity contribution in [3.8, 4) is 0 Å². The van der Waals surface area contributed by atoms with Gasteiger partial charge in [-0.2, -0.15) is 0 Å². The molecule has 1 aromatic heterocycles. The molecule has 0 saturated carbocycles. The van der Waals surface area contributed by atoms with Crippen LogP contribution < -0.4 is 5.23 Å². The van der Waals surface area contributed by atoms with Crippen molar-refractivity contribution in [3.63, 3.8) is 0 Å². The first-order valence-electron chi connectivity index (χ1n) is 10.1. The summed E-state index contributed by atoms with van der Waals surface area (Å²) in [7, 11) is 0. The van der Waals surface area contributed by atoms with Crippen LogP contribution in [0.1, 0.15) is 50.9 Å². The van der Waals surface area contributed by atoms with E-state index in [1.807, 2.05) is 18.2 Å². The van der Waals surface area contributed by atoms with Gasteiger partial charge in [-0.15, -0.1) is 0 Å². The molecular weight excluding hydrogens is 340 g/mol. The number of hydrogen-bond acceptors (Lipinski definition) is 4. The number of aryl methyl sites for hydroxylation is 1. The molecule has 2 aromatic rings. The van der Waals surface area contributed by atoms with E-state index in [2.05, 4.69) is 36.3 Å². The minimum absolute atomic E-state index is 0.0383. The van der Waals surface area contributed by atoms with Crippen LogP contribution in [-0.4, -0.2) is 45.8 Å². The zero-order valence-electron chi connectivity index (χ0n) is 16.9. The molecule has 1 atom stereocenters. The number of nitrogens with zero attached hydrogens (tertiary/aromatic N) is 3. The lowest BCUT2D eigenvalue weighted by Crippen LogP contribution is -3.04. The van der Waals surface area contributed by atoms with Crippen molar-refractivity contribution in [2.24, 2.45) is 0 Å². The van der Waals surface area contributed by atoms with Gasteiger partial charge in [-0.05, 0) is 50.2 Å². The Morgan fingerprint density at radius 2 is 2.04 bits per heavy atom. The van der Waals surface area contributed by atoms with Crippen molar-refractivity contribution >= 4 is 17.1 Å². The molecule has 27 heavy (non-hydrogen) atoms. The normalized spacial score (nSPS) is 13.3. The smallest absolute Gasteiger partial charge is 0.125 e. The number of rotatable bonds is 12. The molecule has 1 unspecified atom stereocenters. The van der Waals surface area contributed by atoms with Gasteiger partial charge in [0.15, 0.2) is 0 Å². The van der Waals surface area contributed by atoms with Crippen molar-refractivity contribution in [1.82, 2.24) is 14.5 Å². The summed E-state index contributed by atoms with van der Waals surface area (Å²) < 4.78 is 2.29. The average Bonchev–Trinajstić information content (AvgIpc) is 2.95. The van der Waals surface area contributed by atoms with Crippen molar-refractivity contribution in [2.45, 2.75) is 53.0 Å². The molecule has 0 bridgehead atoms. The van der Waals surface area contributed by atoms with Crippen LogP contribution in [0.3, 0.4) is 0 Å². The topological polar surface area (TPSA) is 68.8 Å². The zero-order chi connectivity index (χ0) is 19.6. The van der Waals surface area contributed by atoms with E-state index in [-0.39, 0.29) is 6.54 Å². The number of benzene rings is 1. The molecule has 2 N–H and O–H groups in total. The van der Waals surface area contributed by atoms with Gasteiger partial charge < -0.3 is 14.7 Å². The molecular formula is C21H34N4O2. The Kier molecular flexibility index (Phi) is 8.94. The number of quaternary nitrogens is 1. The Morgan fingerprint density at radius 3 is 2.74 bits per heavy atom. The Labute approximate surface area is 162 Å². The van der Waals surface area contributed by atoms with Gasteiger partial charge in [-0.3, -0.25) is 0 Å². The summed E-state index contributed by atoms with van der Waals surface area (Å²) in [6, 6.07) is 6.15. The van der Waals surface area contributed by atoms with E-state index >= 15 is 0 Å². The number of hydroxylamine groups is 2. The van der Waals surface area contributed by atoms with Crippen LogP contribution in [0.5, 0.6) is 0 Å². The molecule has 0 amide bonds. The van der Waals surface area contributed by atoms with E-state index in [4.69, 9.17) is 10.2 Å². The molecule has 2 rings (SSSR count). The molecule has 0 saturated heterocycles. The third-order valence-electron chi connectivity index (χ3n) is 4.98. The summed E-state index contributed by atoms with van der Waals surface area (Å²) in [5.74, 6) is 1.03. The number of fused-ring (bicyclic) bond motifs is 1. The summed E-state index contributed by atoms with van der Waals surface area (Å²) in [6.45, 7) is 10.8. The lowest BCUT2D eigenvalue weighted by atomic mass is 10.2. The molecule has 0 aliphatic heterocycles. The fourth-order valence-electron chi connectivity index (χ4n) is 3.38. The third kappa shape index (κ3) is 6.74. The van der Waals surface area contributed by atoms with E-state index in [9.17, 15) is 5.21 Å². The minimum Gasteiger partial charge on any atom is -0.600 e. The van der Waals surface area contributed by atoms with Crippen LogP contribution in [0.2, 0.25) is 0 Å². The van der Waals surface area contributed by atoms with Gasteiger partial charge >= 0.3 is 0 Å². The molecule has 6 heteroatoms. The summed E-state index contributed by atoms with van der Waals surface area (Å²) in [4.78, 5) is 7.22. The second-order valence-corrected chi connectivity index (χ2v) is 7.05. The SMILES string of the molecule is CCCCCCN(CC)CCn1c(C)nc2cc(/C=C/C[NH+]([O-])O)ccc21. The molecule has 0 spiro atoms. The highest BCUT2D eigenvalue weighted by molar-refractivity contribution is 5.79. The zero-order valence-corrected chi connectivity index (χ0v) is 16.9. The van der Waals surface area contributed by atoms with Crippen LogP contribution in [0.4, 0.5) is 0 Å². The van der Waals surface area contributed by atoms with Crippen LogP contribution in [0.15, 0.2) is 24.3 Å². The van der Waals surface area contributed by atoms with Gasteiger partial charge in [0.1, 0.15) is 12.4 Å². The van der Waals surface area contributed by atoms with E-state index in [0.717, 1.165) is 42.1 Å². The van der Waals surface area contributed by atoms with Gasteiger partial charge in [-0.1, -0.05) is 45.3 Å². The van der Waals surface area contributed by atoms with E-state index < -0.39 is 5.23 Å². The fraction of sp³-hybridized carbons (Fsp3) is 0.571. The molecule has 6 nitrogen and oxygen atoms in total. The van der Waals surface area contributed by atoms with Crippen LogP contribution >= 0.6 is 0 Å². The number of imidazole rings is 1. The lowest BCUT2D eigenvalue weighted by molar-refractivity contribution is -1.04. The predicted octanol–water partition coefficient (Wildman–Crippen LogP) is 3.03. The van der Waals surface area contributed by atoms with Gasteiger partial charge in [0.25, 0.3) is 0 Å². The second kappa shape index (κ2) is 11.2. The minimum atomic E-state index is -0.817. The van der Waals surface area contributed by atoms with Crippen molar-refractivity contribution in [2.75, 3.05) is 26.2 Å².